The Balaban J connectivity index is 2.05. The number of aromatic nitrogens is 4. The van der Waals surface area contributed by atoms with Crippen molar-refractivity contribution in [3.05, 3.63) is 24.3 Å². The van der Waals surface area contributed by atoms with Gasteiger partial charge in [0.2, 0.25) is 0 Å². The Labute approximate surface area is 110 Å². The number of anilines is 2. The maximum Gasteiger partial charge on any atom is 0.276 e. The van der Waals surface area contributed by atoms with Crippen LogP contribution in [0.3, 0.4) is 0 Å². The molecule has 3 N–H and O–H groups in total. The molecule has 0 saturated carbocycles. The van der Waals surface area contributed by atoms with Crippen LogP contribution in [0.1, 0.15) is 10.5 Å². The first-order valence-electron chi connectivity index (χ1n) is 5.72. The van der Waals surface area contributed by atoms with Crippen LogP contribution >= 0.6 is 0 Å². The number of nitrogens with one attached hydrogen (secondary N) is 1. The Hall–Kier alpha value is -2.35. The van der Waals surface area contributed by atoms with Crippen LogP contribution in [0.5, 0.6) is 0 Å². The second kappa shape index (κ2) is 5.53. The molecule has 0 bridgehead atoms. The Bertz CT molecular complexity index is 554. The molecule has 19 heavy (non-hydrogen) atoms. The number of methoxy groups -OCH3 is 1. The zero-order valence-corrected chi connectivity index (χ0v) is 10.8. The number of ether oxygens (including phenoxy) is 1. The maximum atomic E-state index is 12.0. The third kappa shape index (κ3) is 2.91. The largest absolute Gasteiger partial charge is 0.396 e. The van der Waals surface area contributed by atoms with Crippen molar-refractivity contribution in [3.8, 4) is 0 Å². The van der Waals surface area contributed by atoms with Gasteiger partial charge in [0.05, 0.1) is 36.9 Å². The lowest BCUT2D eigenvalue weighted by molar-refractivity contribution is 0.101. The van der Waals surface area contributed by atoms with Gasteiger partial charge in [-0.15, -0.1) is 0 Å². The van der Waals surface area contributed by atoms with E-state index in [9.17, 15) is 4.79 Å². The van der Waals surface area contributed by atoms with Gasteiger partial charge in [-0.25, -0.2) is 0 Å². The third-order valence-electron chi connectivity index (χ3n) is 2.60. The Kier molecular flexibility index (Phi) is 3.81. The Morgan fingerprint density at radius 2 is 2.26 bits per heavy atom. The van der Waals surface area contributed by atoms with Gasteiger partial charge in [-0.2, -0.15) is 10.2 Å². The summed E-state index contributed by atoms with van der Waals surface area (Å²) in [6.07, 6.45) is 4.74. The van der Waals surface area contributed by atoms with Gasteiger partial charge in [-0.05, 0) is 0 Å². The monoisotopic (exact) mass is 264 g/mol. The van der Waals surface area contributed by atoms with Crippen molar-refractivity contribution in [2.45, 2.75) is 6.54 Å². The van der Waals surface area contributed by atoms with E-state index in [2.05, 4.69) is 15.5 Å². The molecule has 8 nitrogen and oxygen atoms in total. The fourth-order valence-corrected chi connectivity index (χ4v) is 1.66. The van der Waals surface area contributed by atoms with Gasteiger partial charge >= 0.3 is 0 Å². The van der Waals surface area contributed by atoms with E-state index in [-0.39, 0.29) is 5.91 Å². The summed E-state index contributed by atoms with van der Waals surface area (Å²) in [5.74, 6) is -0.316. The molecule has 0 unspecified atom stereocenters. The van der Waals surface area contributed by atoms with Crippen LogP contribution in [0.25, 0.3) is 0 Å². The summed E-state index contributed by atoms with van der Waals surface area (Å²) in [6, 6.07) is 0. The van der Waals surface area contributed by atoms with Crippen LogP contribution in [-0.4, -0.2) is 39.2 Å². The molecule has 0 aromatic carbocycles. The molecule has 0 saturated heterocycles. The smallest absolute Gasteiger partial charge is 0.276 e. The van der Waals surface area contributed by atoms with E-state index in [0.29, 0.717) is 30.2 Å². The molecule has 1 amide bonds. The van der Waals surface area contributed by atoms with E-state index in [1.54, 1.807) is 31.2 Å². The summed E-state index contributed by atoms with van der Waals surface area (Å²) in [4.78, 5) is 12.0. The minimum Gasteiger partial charge on any atom is -0.396 e. The number of aryl methyl sites for hydroxylation is 1. The van der Waals surface area contributed by atoms with Gasteiger partial charge in [0.15, 0.2) is 0 Å². The predicted octanol–water partition coefficient (Wildman–Crippen LogP) is 0.0975. The van der Waals surface area contributed by atoms with Crippen molar-refractivity contribution in [2.75, 3.05) is 24.8 Å². The van der Waals surface area contributed by atoms with Crippen molar-refractivity contribution in [3.63, 3.8) is 0 Å². The topological polar surface area (TPSA) is 100.0 Å². The summed E-state index contributed by atoms with van der Waals surface area (Å²) in [6.45, 7) is 1.18. The van der Waals surface area contributed by atoms with E-state index < -0.39 is 0 Å². The van der Waals surface area contributed by atoms with Crippen LogP contribution in [0.15, 0.2) is 18.6 Å². The number of nitrogen functional groups attached to an aromatic ring is 1. The molecule has 0 radical (unpaired) electrons. The average molecular weight is 264 g/mol. The number of hydrogen-bond donors (Lipinski definition) is 2. The standard InChI is InChI=1S/C11H16N6O2/c1-16-10(9(12)6-13-16)11(18)15-8-5-14-17(7-8)3-4-19-2/h5-7H,3-4,12H2,1-2H3,(H,15,18). The van der Waals surface area contributed by atoms with Crippen LogP contribution in [0.2, 0.25) is 0 Å². The lowest BCUT2D eigenvalue weighted by atomic mass is 10.3. The van der Waals surface area contributed by atoms with Crippen LogP contribution in [0, 0.1) is 0 Å². The minimum absolute atomic E-state index is 0.316. The normalized spacial score (nSPS) is 10.6. The lowest BCUT2D eigenvalue weighted by Gasteiger charge is -2.03. The molecule has 2 aromatic heterocycles. The highest BCUT2D eigenvalue weighted by Gasteiger charge is 2.15. The second-order valence-corrected chi connectivity index (χ2v) is 4.01. The summed E-state index contributed by atoms with van der Waals surface area (Å²) in [5, 5.41) is 10.7. The molecular formula is C11H16N6O2. The number of hydrogen-bond acceptors (Lipinski definition) is 5. The molecule has 0 aliphatic heterocycles. The molecule has 2 heterocycles. The van der Waals surface area contributed by atoms with Crippen molar-refractivity contribution < 1.29 is 9.53 Å². The number of carbonyl (C=O) groups excluding carboxylic acids is 1. The highest BCUT2D eigenvalue weighted by Crippen LogP contribution is 2.13. The van der Waals surface area contributed by atoms with Gasteiger partial charge in [-0.3, -0.25) is 14.2 Å². The first kappa shape index (κ1) is 13.1. The quantitative estimate of drug-likeness (QED) is 0.797. The summed E-state index contributed by atoms with van der Waals surface area (Å²) in [7, 11) is 3.28. The van der Waals surface area contributed by atoms with Crippen LogP contribution < -0.4 is 11.1 Å². The second-order valence-electron chi connectivity index (χ2n) is 4.01. The zero-order chi connectivity index (χ0) is 13.8. The molecule has 0 aliphatic rings. The van der Waals surface area contributed by atoms with E-state index in [1.807, 2.05) is 0 Å². The van der Waals surface area contributed by atoms with Gasteiger partial charge in [0, 0.05) is 20.4 Å². The lowest BCUT2D eigenvalue weighted by Crippen LogP contribution is -2.17. The first-order valence-corrected chi connectivity index (χ1v) is 5.72. The van der Waals surface area contributed by atoms with Crippen molar-refractivity contribution in [2.24, 2.45) is 7.05 Å². The van der Waals surface area contributed by atoms with Crippen molar-refractivity contribution in [1.82, 2.24) is 19.6 Å². The summed E-state index contributed by atoms with van der Waals surface area (Å²) in [5.41, 5.74) is 6.95. The number of nitrogens with zero attached hydrogens (tertiary/aromatic N) is 4. The molecular weight excluding hydrogens is 248 g/mol. The Morgan fingerprint density at radius 3 is 2.89 bits per heavy atom. The van der Waals surface area contributed by atoms with Crippen LogP contribution in [0.4, 0.5) is 11.4 Å². The zero-order valence-electron chi connectivity index (χ0n) is 10.8. The molecule has 102 valence electrons. The van der Waals surface area contributed by atoms with Gasteiger partial charge in [0.25, 0.3) is 5.91 Å². The summed E-state index contributed by atoms with van der Waals surface area (Å²) >= 11 is 0. The molecule has 0 fully saturated rings. The van der Waals surface area contributed by atoms with E-state index in [0.717, 1.165) is 0 Å². The average Bonchev–Trinajstić information content (AvgIpc) is 2.94. The SMILES string of the molecule is COCCn1cc(NC(=O)c2c(N)cnn2C)cn1. The van der Waals surface area contributed by atoms with Gasteiger partial charge in [0.1, 0.15) is 5.69 Å². The summed E-state index contributed by atoms with van der Waals surface area (Å²) < 4.78 is 8.07. The number of nitrogens with two attached hydrogens (primary N) is 1. The predicted molar refractivity (Wildman–Crippen MR) is 69.7 cm³/mol. The molecule has 2 rings (SSSR count). The highest BCUT2D eigenvalue weighted by atomic mass is 16.5. The number of rotatable bonds is 5. The fraction of sp³-hybridized carbons (Fsp3) is 0.364. The Morgan fingerprint density at radius 1 is 1.47 bits per heavy atom. The van der Waals surface area contributed by atoms with E-state index in [1.165, 1.54) is 10.9 Å². The third-order valence-corrected chi connectivity index (χ3v) is 2.60. The molecule has 0 atom stereocenters. The minimum atomic E-state index is -0.316. The first-order chi connectivity index (χ1) is 9.11. The van der Waals surface area contributed by atoms with E-state index in [4.69, 9.17) is 10.5 Å². The highest BCUT2D eigenvalue weighted by molar-refractivity contribution is 6.06. The number of carbonyl (C=O) groups is 1. The van der Waals surface area contributed by atoms with Crippen LogP contribution in [-0.2, 0) is 18.3 Å². The maximum absolute atomic E-state index is 12.0. The van der Waals surface area contributed by atoms with Crippen molar-refractivity contribution in [1.29, 1.82) is 0 Å². The number of amides is 1. The van der Waals surface area contributed by atoms with Crippen molar-refractivity contribution >= 4 is 17.3 Å². The molecule has 2 aromatic rings. The molecule has 8 heteroatoms. The van der Waals surface area contributed by atoms with E-state index >= 15 is 0 Å². The van der Waals surface area contributed by atoms with Gasteiger partial charge < -0.3 is 15.8 Å². The molecule has 0 spiro atoms. The fourth-order valence-electron chi connectivity index (χ4n) is 1.66. The van der Waals surface area contributed by atoms with Gasteiger partial charge in [-0.1, -0.05) is 0 Å². The molecule has 0 aliphatic carbocycles.